The molecule has 8 nitrogen and oxygen atoms in total. The number of halogens is 2. The number of rotatable bonds is 3. The monoisotopic (exact) mass is 480 g/mol. The molecule has 2 aromatic heterocycles. The summed E-state index contributed by atoms with van der Waals surface area (Å²) in [6.07, 6.45) is 0.829. The van der Waals surface area contributed by atoms with Crippen molar-refractivity contribution in [1.82, 2.24) is 20.2 Å². The Labute approximate surface area is 196 Å². The summed E-state index contributed by atoms with van der Waals surface area (Å²) in [6.45, 7) is 11.4. The van der Waals surface area contributed by atoms with Crippen LogP contribution < -0.4 is 15.6 Å². The van der Waals surface area contributed by atoms with Gasteiger partial charge in [0.1, 0.15) is 17.1 Å². The minimum Gasteiger partial charge on any atom is -0.472 e. The summed E-state index contributed by atoms with van der Waals surface area (Å²) in [5, 5.41) is 3.23. The first-order valence-electron chi connectivity index (χ1n) is 11.2. The van der Waals surface area contributed by atoms with Crippen LogP contribution in [-0.4, -0.2) is 57.3 Å². The number of hydrogen-bond donors (Lipinski definition) is 2. The summed E-state index contributed by atoms with van der Waals surface area (Å²) >= 11 is 6.06. The van der Waals surface area contributed by atoms with Gasteiger partial charge < -0.3 is 19.8 Å². The Morgan fingerprint density at radius 3 is 2.64 bits per heavy atom. The molecule has 2 bridgehead atoms. The van der Waals surface area contributed by atoms with E-state index in [1.54, 1.807) is 18.7 Å². The van der Waals surface area contributed by atoms with Crippen LogP contribution in [0.5, 0.6) is 5.88 Å². The van der Waals surface area contributed by atoms with Crippen molar-refractivity contribution in [2.24, 2.45) is 0 Å². The molecule has 2 aliphatic heterocycles. The summed E-state index contributed by atoms with van der Waals surface area (Å²) in [4.78, 5) is 34.2. The molecule has 10 heteroatoms. The number of aromatic amines is 1. The van der Waals surface area contributed by atoms with Crippen LogP contribution in [0.2, 0.25) is 5.15 Å². The van der Waals surface area contributed by atoms with Gasteiger partial charge in [-0.2, -0.15) is 4.98 Å². The zero-order chi connectivity index (χ0) is 24.2. The van der Waals surface area contributed by atoms with Crippen LogP contribution in [0.4, 0.5) is 9.18 Å². The van der Waals surface area contributed by atoms with Gasteiger partial charge in [0.05, 0.1) is 12.1 Å². The van der Waals surface area contributed by atoms with E-state index in [-0.39, 0.29) is 46.0 Å². The molecule has 4 heterocycles. The van der Waals surface area contributed by atoms with Gasteiger partial charge in [-0.1, -0.05) is 11.6 Å². The van der Waals surface area contributed by atoms with Gasteiger partial charge in [0.25, 0.3) is 5.56 Å². The molecule has 0 saturated carbocycles. The number of H-pyrrole nitrogens is 1. The number of hydrogen-bond acceptors (Lipinski definition) is 6. The minimum atomic E-state index is -0.746. The van der Waals surface area contributed by atoms with Crippen molar-refractivity contribution in [2.45, 2.75) is 84.2 Å². The Balaban J connectivity index is 1.66. The number of piperazine rings is 1. The van der Waals surface area contributed by atoms with Gasteiger partial charge in [-0.3, -0.25) is 9.69 Å². The minimum absolute atomic E-state index is 0.0240. The van der Waals surface area contributed by atoms with Gasteiger partial charge in [-0.05, 0) is 59.9 Å². The predicted molar refractivity (Wildman–Crippen MR) is 124 cm³/mol. The Bertz CT molecular complexity index is 1150. The van der Waals surface area contributed by atoms with E-state index >= 15 is 0 Å². The van der Waals surface area contributed by atoms with Crippen molar-refractivity contribution < 1.29 is 18.7 Å². The van der Waals surface area contributed by atoms with Gasteiger partial charge in [0.15, 0.2) is 11.0 Å². The van der Waals surface area contributed by atoms with E-state index in [2.05, 4.69) is 15.3 Å². The molecule has 1 amide bonds. The first-order chi connectivity index (χ1) is 15.4. The number of aromatic nitrogens is 2. The van der Waals surface area contributed by atoms with Crippen molar-refractivity contribution in [3.8, 4) is 5.88 Å². The van der Waals surface area contributed by atoms with E-state index in [1.165, 1.54) is 0 Å². The third kappa shape index (κ3) is 4.28. The number of ether oxygens (including phenoxy) is 2. The number of aryl methyl sites for hydroxylation is 2. The van der Waals surface area contributed by atoms with Crippen molar-refractivity contribution in [2.75, 3.05) is 6.54 Å². The highest BCUT2D eigenvalue weighted by Gasteiger charge is 2.48. The lowest BCUT2D eigenvalue weighted by Gasteiger charge is -2.43. The fourth-order valence-corrected chi connectivity index (χ4v) is 5.05. The van der Waals surface area contributed by atoms with Crippen molar-refractivity contribution in [1.29, 1.82) is 0 Å². The lowest BCUT2D eigenvalue weighted by molar-refractivity contribution is -0.00492. The maximum absolute atomic E-state index is 14.8. The van der Waals surface area contributed by atoms with Gasteiger partial charge in [-0.25, -0.2) is 9.18 Å². The zero-order valence-electron chi connectivity index (χ0n) is 19.7. The molecule has 33 heavy (non-hydrogen) atoms. The molecule has 0 unspecified atom stereocenters. The molecule has 0 aliphatic carbocycles. The maximum atomic E-state index is 14.8. The topological polar surface area (TPSA) is 96.6 Å². The van der Waals surface area contributed by atoms with Crippen molar-refractivity contribution in [3.63, 3.8) is 0 Å². The molecule has 4 atom stereocenters. The van der Waals surface area contributed by atoms with E-state index < -0.39 is 23.1 Å². The predicted octanol–water partition coefficient (Wildman–Crippen LogP) is 3.84. The first kappa shape index (κ1) is 23.8. The molecule has 2 N–H and O–H groups in total. The van der Waals surface area contributed by atoms with Crippen LogP contribution in [0.1, 0.15) is 51.8 Å². The number of amides is 1. The van der Waals surface area contributed by atoms with E-state index in [0.29, 0.717) is 17.8 Å². The third-order valence-corrected chi connectivity index (χ3v) is 6.74. The van der Waals surface area contributed by atoms with Gasteiger partial charge >= 0.3 is 6.09 Å². The quantitative estimate of drug-likeness (QED) is 0.648. The summed E-state index contributed by atoms with van der Waals surface area (Å²) in [7, 11) is 0. The molecule has 4 rings (SSSR count). The van der Waals surface area contributed by atoms with E-state index in [4.69, 9.17) is 21.1 Å². The standard InChI is InChI=1S/C23H30ClFN4O4/c1-10-11(2)27-20(30)16-15(10)17(25)19(24)28-21(16)32-12(3)18-14-8-7-13(9-26-18)29(14)22(31)33-23(4,5)6/h12-14,18,26H,7-9H2,1-6H3,(H,27,30)/t12-,13+,14-,18+/m0/s1. The number of nitrogens with zero attached hydrogens (tertiary/aromatic N) is 2. The second-order valence-corrected chi connectivity index (χ2v) is 10.3. The highest BCUT2D eigenvalue weighted by atomic mass is 35.5. The molecule has 2 aromatic rings. The highest BCUT2D eigenvalue weighted by molar-refractivity contribution is 6.30. The second-order valence-electron chi connectivity index (χ2n) is 9.92. The summed E-state index contributed by atoms with van der Waals surface area (Å²) in [5.74, 6) is -0.775. The first-order valence-corrected chi connectivity index (χ1v) is 11.6. The zero-order valence-corrected chi connectivity index (χ0v) is 20.5. The Kier molecular flexibility index (Phi) is 6.07. The highest BCUT2D eigenvalue weighted by Crippen LogP contribution is 2.35. The largest absolute Gasteiger partial charge is 0.472 e. The molecule has 2 saturated heterocycles. The van der Waals surface area contributed by atoms with E-state index in [1.807, 2.05) is 27.7 Å². The van der Waals surface area contributed by atoms with Crippen LogP contribution in [0.25, 0.3) is 10.8 Å². The van der Waals surface area contributed by atoms with Crippen LogP contribution in [0.3, 0.4) is 0 Å². The van der Waals surface area contributed by atoms with Crippen LogP contribution >= 0.6 is 11.6 Å². The van der Waals surface area contributed by atoms with Gasteiger partial charge in [0, 0.05) is 23.7 Å². The van der Waals surface area contributed by atoms with Crippen LogP contribution in [-0.2, 0) is 4.74 Å². The average molecular weight is 481 g/mol. The molecule has 2 fully saturated rings. The molecule has 180 valence electrons. The summed E-state index contributed by atoms with van der Waals surface area (Å²) in [5.41, 5.74) is 0.0244. The fourth-order valence-electron chi connectivity index (χ4n) is 4.88. The van der Waals surface area contributed by atoms with Crippen molar-refractivity contribution in [3.05, 3.63) is 32.6 Å². The number of carbonyl (C=O) groups excluding carboxylic acids is 1. The summed E-state index contributed by atoms with van der Waals surface area (Å²) in [6, 6.07) is -0.318. The maximum Gasteiger partial charge on any atom is 0.410 e. The molecule has 2 aliphatic rings. The summed E-state index contributed by atoms with van der Waals surface area (Å²) < 4.78 is 26.6. The SMILES string of the molecule is Cc1[nH]c(=O)c2c(O[C@@H](C)[C@H]3NC[C@H]4CC[C@@H]3N4C(=O)OC(C)(C)C)nc(Cl)c(F)c2c1C. The lowest BCUT2D eigenvalue weighted by Crippen LogP contribution is -2.64. The van der Waals surface area contributed by atoms with Crippen molar-refractivity contribution >= 4 is 28.5 Å². The van der Waals surface area contributed by atoms with Crippen LogP contribution in [0, 0.1) is 19.7 Å². The second kappa shape index (κ2) is 8.43. The van der Waals surface area contributed by atoms with E-state index in [0.717, 1.165) is 12.8 Å². The molecular formula is C23H30ClFN4O4. The molecular weight excluding hydrogens is 451 g/mol. The van der Waals surface area contributed by atoms with Crippen LogP contribution in [0.15, 0.2) is 4.79 Å². The number of fused-ring (bicyclic) bond motifs is 3. The molecule has 0 aromatic carbocycles. The normalized spacial score (nSPS) is 23.6. The smallest absolute Gasteiger partial charge is 0.410 e. The fraction of sp³-hybridized carbons (Fsp3) is 0.609. The molecule has 0 spiro atoms. The third-order valence-electron chi connectivity index (χ3n) is 6.49. The Morgan fingerprint density at radius 1 is 1.27 bits per heavy atom. The van der Waals surface area contributed by atoms with Gasteiger partial charge in [0.2, 0.25) is 5.88 Å². The van der Waals surface area contributed by atoms with Gasteiger partial charge in [-0.15, -0.1) is 0 Å². The number of pyridine rings is 2. The Morgan fingerprint density at radius 2 is 1.97 bits per heavy atom. The lowest BCUT2D eigenvalue weighted by atomic mass is 10.00. The number of carbonyl (C=O) groups is 1. The Hall–Kier alpha value is -2.39. The van der Waals surface area contributed by atoms with E-state index in [9.17, 15) is 14.0 Å². The number of nitrogens with one attached hydrogen (secondary N) is 2. The molecule has 0 radical (unpaired) electrons. The average Bonchev–Trinajstić information content (AvgIpc) is 3.00.